The van der Waals surface area contributed by atoms with E-state index in [9.17, 15) is 17.6 Å². The molecule has 0 aliphatic carbocycles. The lowest BCUT2D eigenvalue weighted by molar-refractivity contribution is -0.296. The van der Waals surface area contributed by atoms with Crippen molar-refractivity contribution in [1.29, 1.82) is 0 Å². The van der Waals surface area contributed by atoms with Crippen molar-refractivity contribution in [1.82, 2.24) is 4.98 Å². The monoisotopic (exact) mass is 368 g/mol. The van der Waals surface area contributed by atoms with Gasteiger partial charge in [0, 0.05) is 11.1 Å². The SMILES string of the molecule is FC1(F)Oc2ccc(Nc3ccc4cccc(Cl)c4n3)cc2C1(F)F. The molecule has 1 N–H and O–H groups in total. The number of nitrogens with zero attached hydrogens (tertiary/aromatic N) is 1. The molecular weight excluding hydrogens is 360 g/mol. The topological polar surface area (TPSA) is 34.1 Å². The average molecular weight is 369 g/mol. The van der Waals surface area contributed by atoms with Gasteiger partial charge in [0.05, 0.1) is 16.1 Å². The van der Waals surface area contributed by atoms with Gasteiger partial charge in [-0.3, -0.25) is 0 Å². The Labute approximate surface area is 144 Å². The highest BCUT2D eigenvalue weighted by molar-refractivity contribution is 6.35. The lowest BCUT2D eigenvalue weighted by Gasteiger charge is -2.16. The van der Waals surface area contributed by atoms with E-state index < -0.39 is 23.3 Å². The molecule has 0 amide bonds. The van der Waals surface area contributed by atoms with Crippen LogP contribution in [0.25, 0.3) is 10.9 Å². The van der Waals surface area contributed by atoms with Crippen LogP contribution < -0.4 is 10.1 Å². The van der Waals surface area contributed by atoms with Crippen LogP contribution >= 0.6 is 11.6 Å². The highest BCUT2D eigenvalue weighted by atomic mass is 35.5. The number of benzene rings is 2. The molecule has 8 heteroatoms. The van der Waals surface area contributed by atoms with E-state index in [4.69, 9.17) is 11.6 Å². The third-order valence-corrected chi connectivity index (χ3v) is 4.17. The zero-order valence-electron chi connectivity index (χ0n) is 12.4. The predicted molar refractivity (Wildman–Crippen MR) is 85.9 cm³/mol. The van der Waals surface area contributed by atoms with E-state index in [0.717, 1.165) is 17.5 Å². The summed E-state index contributed by atoms with van der Waals surface area (Å²) in [7, 11) is 0. The number of alkyl halides is 4. The summed E-state index contributed by atoms with van der Waals surface area (Å²) in [5.41, 5.74) is -0.157. The zero-order valence-corrected chi connectivity index (χ0v) is 13.1. The highest BCUT2D eigenvalue weighted by Gasteiger charge is 2.66. The Morgan fingerprint density at radius 3 is 2.60 bits per heavy atom. The minimum atomic E-state index is -4.57. The van der Waals surface area contributed by atoms with Crippen molar-refractivity contribution in [3.8, 4) is 5.75 Å². The van der Waals surface area contributed by atoms with Gasteiger partial charge in [-0.15, -0.1) is 0 Å². The molecule has 0 spiro atoms. The number of anilines is 2. The summed E-state index contributed by atoms with van der Waals surface area (Å²) >= 11 is 6.09. The van der Waals surface area contributed by atoms with Crippen LogP contribution in [-0.4, -0.2) is 11.1 Å². The van der Waals surface area contributed by atoms with Gasteiger partial charge in [-0.25, -0.2) is 4.98 Å². The molecule has 0 atom stereocenters. The highest BCUT2D eigenvalue weighted by Crippen LogP contribution is 2.53. The van der Waals surface area contributed by atoms with Crippen LogP contribution in [0.2, 0.25) is 5.02 Å². The smallest absolute Gasteiger partial charge is 0.427 e. The molecule has 0 bridgehead atoms. The van der Waals surface area contributed by atoms with Crippen molar-refractivity contribution in [3.05, 3.63) is 59.1 Å². The fourth-order valence-electron chi connectivity index (χ4n) is 2.63. The number of rotatable bonds is 2. The van der Waals surface area contributed by atoms with Gasteiger partial charge in [0.25, 0.3) is 0 Å². The normalized spacial score (nSPS) is 17.2. The third-order valence-electron chi connectivity index (χ3n) is 3.86. The molecule has 25 heavy (non-hydrogen) atoms. The van der Waals surface area contributed by atoms with Crippen molar-refractivity contribution in [2.24, 2.45) is 0 Å². The Morgan fingerprint density at radius 1 is 1.00 bits per heavy atom. The van der Waals surface area contributed by atoms with Crippen LogP contribution in [0.1, 0.15) is 5.56 Å². The van der Waals surface area contributed by atoms with Crippen LogP contribution in [0.15, 0.2) is 48.5 Å². The summed E-state index contributed by atoms with van der Waals surface area (Å²) in [5.74, 6) is -4.61. The number of hydrogen-bond donors (Lipinski definition) is 1. The Morgan fingerprint density at radius 2 is 1.80 bits per heavy atom. The lowest BCUT2D eigenvalue weighted by atomic mass is 10.1. The second-order valence-electron chi connectivity index (χ2n) is 5.54. The summed E-state index contributed by atoms with van der Waals surface area (Å²) < 4.78 is 58.1. The van der Waals surface area contributed by atoms with Gasteiger partial charge in [0.1, 0.15) is 11.6 Å². The number of pyridine rings is 1. The van der Waals surface area contributed by atoms with Crippen molar-refractivity contribution < 1.29 is 22.3 Å². The summed E-state index contributed by atoms with van der Waals surface area (Å²) in [6.45, 7) is 0. The number of halogens is 5. The van der Waals surface area contributed by atoms with E-state index in [1.165, 1.54) is 6.07 Å². The first kappa shape index (κ1) is 16.0. The summed E-state index contributed by atoms with van der Waals surface area (Å²) in [5, 5.41) is 4.07. The third kappa shape index (κ3) is 2.46. The number of hydrogen-bond acceptors (Lipinski definition) is 3. The first-order chi connectivity index (χ1) is 11.8. The molecule has 0 fully saturated rings. The molecule has 128 valence electrons. The largest absolute Gasteiger partial charge is 0.469 e. The molecule has 2 aromatic carbocycles. The second kappa shape index (κ2) is 5.23. The van der Waals surface area contributed by atoms with Crippen LogP contribution in [-0.2, 0) is 5.92 Å². The molecule has 3 nitrogen and oxygen atoms in total. The Bertz CT molecular complexity index is 994. The van der Waals surface area contributed by atoms with Crippen molar-refractivity contribution in [2.45, 2.75) is 12.0 Å². The maximum absolute atomic E-state index is 13.8. The number of fused-ring (bicyclic) bond motifs is 2. The molecule has 0 saturated carbocycles. The van der Waals surface area contributed by atoms with E-state index in [0.29, 0.717) is 16.4 Å². The van der Waals surface area contributed by atoms with E-state index in [-0.39, 0.29) is 5.69 Å². The van der Waals surface area contributed by atoms with Crippen molar-refractivity contribution >= 4 is 34.0 Å². The first-order valence-corrected chi connectivity index (χ1v) is 7.57. The van der Waals surface area contributed by atoms with Crippen LogP contribution in [0.4, 0.5) is 29.1 Å². The van der Waals surface area contributed by atoms with Crippen LogP contribution in [0.5, 0.6) is 5.75 Å². The molecule has 3 aromatic rings. The lowest BCUT2D eigenvalue weighted by Crippen LogP contribution is -2.36. The van der Waals surface area contributed by atoms with Gasteiger partial charge in [0.2, 0.25) is 0 Å². The first-order valence-electron chi connectivity index (χ1n) is 7.19. The minimum Gasteiger partial charge on any atom is -0.427 e. The van der Waals surface area contributed by atoms with Gasteiger partial charge in [-0.05, 0) is 36.4 Å². The zero-order chi connectivity index (χ0) is 17.8. The van der Waals surface area contributed by atoms with E-state index in [1.807, 2.05) is 6.07 Å². The number of aromatic nitrogens is 1. The van der Waals surface area contributed by atoms with E-state index in [1.54, 1.807) is 24.3 Å². The van der Waals surface area contributed by atoms with Crippen molar-refractivity contribution in [3.63, 3.8) is 0 Å². The molecular formula is C17H9ClF4N2O. The Hall–Kier alpha value is -2.54. The Kier molecular flexibility index (Phi) is 3.34. The van der Waals surface area contributed by atoms with Gasteiger partial charge >= 0.3 is 12.0 Å². The summed E-state index contributed by atoms with van der Waals surface area (Å²) in [6.07, 6.45) is -4.57. The molecule has 0 saturated heterocycles. The fraction of sp³-hybridized carbons (Fsp3) is 0.118. The average Bonchev–Trinajstić information content (AvgIpc) is 2.74. The minimum absolute atomic E-state index is 0.179. The maximum atomic E-state index is 13.8. The Balaban J connectivity index is 1.70. The summed E-state index contributed by atoms with van der Waals surface area (Å²) in [4.78, 5) is 4.32. The van der Waals surface area contributed by atoms with Gasteiger partial charge in [-0.1, -0.05) is 23.7 Å². The van der Waals surface area contributed by atoms with Crippen molar-refractivity contribution in [2.75, 3.05) is 5.32 Å². The molecule has 1 aliphatic rings. The molecule has 1 aliphatic heterocycles. The van der Waals surface area contributed by atoms with Gasteiger partial charge in [-0.2, -0.15) is 17.6 Å². The molecule has 1 aromatic heterocycles. The number of ether oxygens (including phenoxy) is 1. The molecule has 2 heterocycles. The maximum Gasteiger partial charge on any atom is 0.469 e. The second-order valence-corrected chi connectivity index (χ2v) is 5.94. The van der Waals surface area contributed by atoms with Crippen LogP contribution in [0.3, 0.4) is 0 Å². The van der Waals surface area contributed by atoms with E-state index >= 15 is 0 Å². The quantitative estimate of drug-likeness (QED) is 0.588. The summed E-state index contributed by atoms with van der Waals surface area (Å²) in [6, 6.07) is 12.0. The van der Waals surface area contributed by atoms with E-state index in [2.05, 4.69) is 15.0 Å². The number of para-hydroxylation sites is 1. The van der Waals surface area contributed by atoms with Crippen LogP contribution in [0, 0.1) is 0 Å². The standard InChI is InChI=1S/C17H9ClF4N2O/c18-12-3-1-2-9-4-7-14(24-15(9)12)23-10-5-6-13-11(8-10)16(19,20)17(21,22)25-13/h1-8H,(H,23,24). The molecule has 4 rings (SSSR count). The van der Waals surface area contributed by atoms with Gasteiger partial charge < -0.3 is 10.1 Å². The predicted octanol–water partition coefficient (Wildman–Crippen LogP) is 5.71. The molecule has 0 radical (unpaired) electrons. The molecule has 0 unspecified atom stereocenters. The fourth-order valence-corrected chi connectivity index (χ4v) is 2.85. The number of nitrogens with one attached hydrogen (secondary N) is 1. The van der Waals surface area contributed by atoms with Gasteiger partial charge in [0.15, 0.2) is 0 Å².